The fraction of sp³-hybridized carbons (Fsp3) is 0.286. The summed E-state index contributed by atoms with van der Waals surface area (Å²) in [6.07, 6.45) is -3.49. The van der Waals surface area contributed by atoms with Crippen LogP contribution in [0.2, 0.25) is 0 Å². The van der Waals surface area contributed by atoms with E-state index in [2.05, 4.69) is 0 Å². The van der Waals surface area contributed by atoms with Crippen LogP contribution < -0.4 is 16.9 Å². The van der Waals surface area contributed by atoms with Crippen molar-refractivity contribution in [2.75, 3.05) is 0 Å². The van der Waals surface area contributed by atoms with Crippen molar-refractivity contribution in [1.82, 2.24) is 0 Å². The maximum atomic E-state index is 11.0. The predicted molar refractivity (Wildman–Crippen MR) is 58.1 cm³/mol. The molecular weight excluding hydrogens is 285 g/mol. The van der Waals surface area contributed by atoms with Crippen LogP contribution in [0.25, 0.3) is 0 Å². The summed E-state index contributed by atoms with van der Waals surface area (Å²) in [6.45, 7) is 3.70. The first-order chi connectivity index (χ1) is 5.90. The molecule has 14 heavy (non-hydrogen) atoms. The predicted octanol–water partition coefficient (Wildman–Crippen LogP) is 1.61. The van der Waals surface area contributed by atoms with E-state index in [-0.39, 0.29) is 12.4 Å². The van der Waals surface area contributed by atoms with Gasteiger partial charge in [0.1, 0.15) is 5.75 Å². The molecule has 2 nitrogen and oxygen atoms in total. The lowest BCUT2D eigenvalue weighted by Crippen LogP contribution is -3.00. The zero-order valence-corrected chi connectivity index (χ0v) is 11.4. The molecule has 1 aromatic heterocycles. The van der Waals surface area contributed by atoms with E-state index in [0.29, 0.717) is 5.75 Å². The summed E-state index contributed by atoms with van der Waals surface area (Å²) in [4.78, 5) is 0. The van der Waals surface area contributed by atoms with E-state index in [1.54, 1.807) is 11.3 Å². The first-order valence-electron chi connectivity index (χ1n) is 3.46. The third-order valence-electron chi connectivity index (χ3n) is 1.40. The van der Waals surface area contributed by atoms with Gasteiger partial charge in [0.25, 0.3) is 0 Å². The second-order valence-corrected chi connectivity index (χ2v) is 7.52. The topological polar surface area (TPSA) is 26.3 Å². The van der Waals surface area contributed by atoms with Crippen LogP contribution in [0.1, 0.15) is 11.1 Å². The van der Waals surface area contributed by atoms with Crippen LogP contribution >= 0.6 is 39.9 Å². The normalized spacial score (nSPS) is 10.6. The molecule has 0 saturated carbocycles. The van der Waals surface area contributed by atoms with Gasteiger partial charge in [-0.3, -0.25) is 0 Å². The molecule has 80 valence electrons. The molecule has 0 N–H and O–H groups in total. The zero-order valence-electron chi connectivity index (χ0n) is 7.46. The minimum absolute atomic E-state index is 0. The van der Waals surface area contributed by atoms with Crippen LogP contribution in [-0.4, -0.2) is 0 Å². The van der Waals surface area contributed by atoms with E-state index >= 15 is 0 Å². The smallest absolute Gasteiger partial charge is 0.428 e. The van der Waals surface area contributed by atoms with Gasteiger partial charge in [0, 0.05) is 33.6 Å². The average Bonchev–Trinajstić information content (AvgIpc) is 1.95. The molecule has 0 aliphatic carbocycles. The Balaban J connectivity index is 0.00000169. The molecule has 0 radical (unpaired) electrons. The Morgan fingerprint density at radius 2 is 1.71 bits per heavy atom. The average molecular weight is 294 g/mol. The van der Waals surface area contributed by atoms with Gasteiger partial charge in [-0.15, -0.1) is 0 Å². The molecule has 0 atom stereocenters. The van der Waals surface area contributed by atoms with Gasteiger partial charge in [0.15, 0.2) is 0 Å². The molecule has 0 aromatic carbocycles. The third kappa shape index (κ3) is 4.33. The Morgan fingerprint density at radius 3 is 2.07 bits per heavy atom. The lowest BCUT2D eigenvalue weighted by molar-refractivity contribution is -0.00000450. The zero-order chi connectivity index (χ0) is 10.1. The lowest BCUT2D eigenvalue weighted by Gasteiger charge is -2.08. The van der Waals surface area contributed by atoms with Gasteiger partial charge in [0.05, 0.1) is 0 Å². The highest BCUT2D eigenvalue weighted by atomic mass is 35.9. The minimum atomic E-state index is -3.49. The second kappa shape index (κ2) is 5.53. The molecule has 1 aromatic rings. The van der Waals surface area contributed by atoms with Crippen molar-refractivity contribution >= 4 is 39.9 Å². The van der Waals surface area contributed by atoms with Gasteiger partial charge in [-0.05, 0) is 13.8 Å². The van der Waals surface area contributed by atoms with Crippen molar-refractivity contribution in [2.24, 2.45) is 0 Å². The van der Waals surface area contributed by atoms with Crippen molar-refractivity contribution in [3.05, 3.63) is 21.9 Å². The summed E-state index contributed by atoms with van der Waals surface area (Å²) >= 11 is 12.2. The Hall–Kier alpha value is 0.470. The highest BCUT2D eigenvalue weighted by Crippen LogP contribution is 2.58. The van der Waals surface area contributed by atoms with Crippen molar-refractivity contribution in [3.8, 4) is 5.75 Å². The van der Waals surface area contributed by atoms with Crippen LogP contribution in [0.3, 0.4) is 0 Å². The molecule has 0 saturated heterocycles. The summed E-state index contributed by atoms with van der Waals surface area (Å²) in [5, 5.41) is 3.76. The van der Waals surface area contributed by atoms with E-state index in [4.69, 9.17) is 27.0 Å². The van der Waals surface area contributed by atoms with Crippen molar-refractivity contribution < 1.29 is 21.5 Å². The van der Waals surface area contributed by atoms with E-state index in [1.165, 1.54) is 0 Å². The molecule has 1 heterocycles. The molecule has 0 unspecified atom stereocenters. The van der Waals surface area contributed by atoms with Crippen molar-refractivity contribution in [3.63, 3.8) is 0 Å². The first-order valence-corrected chi connectivity index (χ1v) is 7.83. The summed E-state index contributed by atoms with van der Waals surface area (Å²) in [6, 6.07) is 0. The van der Waals surface area contributed by atoms with Gasteiger partial charge in [-0.2, -0.15) is 0 Å². The van der Waals surface area contributed by atoms with Gasteiger partial charge in [-0.25, -0.2) is 4.57 Å². The van der Waals surface area contributed by atoms with E-state index in [9.17, 15) is 4.57 Å². The van der Waals surface area contributed by atoms with E-state index in [0.717, 1.165) is 11.1 Å². The standard InChI is InChI=1S/C7H8Cl2O2PS.ClH/c1-5-3-13-4-6(2)7(5)11-12(8,9)10;/h3-4H,1-2H3;1H/q+1;/p-1. The van der Waals surface area contributed by atoms with Gasteiger partial charge >= 0.3 is 6.07 Å². The first kappa shape index (κ1) is 14.5. The van der Waals surface area contributed by atoms with Crippen LogP contribution in [-0.2, 0) is 4.57 Å². The summed E-state index contributed by atoms with van der Waals surface area (Å²) in [5.41, 5.74) is 1.76. The van der Waals surface area contributed by atoms with Gasteiger partial charge in [-0.1, -0.05) is 0 Å². The molecule has 0 amide bonds. The Labute approximate surface area is 103 Å². The fourth-order valence-corrected chi connectivity index (χ4v) is 2.51. The van der Waals surface area contributed by atoms with E-state index < -0.39 is 6.07 Å². The van der Waals surface area contributed by atoms with Crippen LogP contribution in [0.15, 0.2) is 10.8 Å². The monoisotopic (exact) mass is 292 g/mol. The molecule has 0 bridgehead atoms. The van der Waals surface area contributed by atoms with Crippen molar-refractivity contribution in [2.45, 2.75) is 13.8 Å². The highest BCUT2D eigenvalue weighted by Gasteiger charge is 2.20. The molecule has 7 heteroatoms. The molecule has 0 aliphatic heterocycles. The Kier molecular flexibility index (Phi) is 5.71. The molecule has 1 rings (SSSR count). The maximum absolute atomic E-state index is 11.0. The minimum Gasteiger partial charge on any atom is -1.00 e. The number of aryl methyl sites for hydroxylation is 2. The number of halogens is 3. The Bertz CT molecular complexity index is 346. The maximum Gasteiger partial charge on any atom is 0.428 e. The largest absolute Gasteiger partial charge is 1.00 e. The van der Waals surface area contributed by atoms with Gasteiger partial charge < -0.3 is 16.9 Å². The molecule has 0 fully saturated rings. The molecule has 0 aliphatic rings. The van der Waals surface area contributed by atoms with Crippen molar-refractivity contribution in [1.29, 1.82) is 0 Å². The van der Waals surface area contributed by atoms with Crippen LogP contribution in [0.4, 0.5) is 0 Å². The second-order valence-electron chi connectivity index (χ2n) is 2.57. The number of hydrogen-bond acceptors (Lipinski definition) is 2. The molecule has 0 spiro atoms. The molecular formula is C7H8Cl3O2PS. The third-order valence-corrected chi connectivity index (χ3v) is 3.19. The number of hydrogen-bond donors (Lipinski definition) is 0. The number of rotatable bonds is 2. The van der Waals surface area contributed by atoms with Crippen LogP contribution in [0, 0.1) is 13.8 Å². The Morgan fingerprint density at radius 1 is 1.29 bits per heavy atom. The quantitative estimate of drug-likeness (QED) is 0.612. The van der Waals surface area contributed by atoms with Crippen LogP contribution in [0.5, 0.6) is 5.75 Å². The van der Waals surface area contributed by atoms with E-state index in [1.807, 2.05) is 24.6 Å². The summed E-state index contributed by atoms with van der Waals surface area (Å²) in [7, 11) is 0. The SMILES string of the molecule is Cc1c[s+]cc(C)c1OP(=O)(Cl)Cl.[Cl-]. The highest BCUT2D eigenvalue weighted by molar-refractivity contribution is 8.05. The van der Waals surface area contributed by atoms with Gasteiger partial charge in [0.2, 0.25) is 22.1 Å². The summed E-state index contributed by atoms with van der Waals surface area (Å²) < 4.78 is 16.0. The summed E-state index contributed by atoms with van der Waals surface area (Å²) in [5.74, 6) is 0.507. The lowest BCUT2D eigenvalue weighted by atomic mass is 10.2. The fourth-order valence-electron chi connectivity index (χ4n) is 0.906.